The standard InChI is InChI=1S/C13H22ClN3O/c1-9-12(14)10(17(4)16-9)8-11(15-3)13(2)6-5-7-18-13/h11,15H,5-8H2,1-4H3. The Kier molecular flexibility index (Phi) is 3.99. The average molecular weight is 272 g/mol. The van der Waals surface area contributed by atoms with Crippen LogP contribution in [0, 0.1) is 6.92 Å². The number of halogens is 1. The van der Waals surface area contributed by atoms with Crippen molar-refractivity contribution in [3.05, 3.63) is 16.4 Å². The van der Waals surface area contributed by atoms with Crippen LogP contribution in [0.5, 0.6) is 0 Å². The van der Waals surface area contributed by atoms with Crippen molar-refractivity contribution >= 4 is 11.6 Å². The van der Waals surface area contributed by atoms with Gasteiger partial charge in [0.2, 0.25) is 0 Å². The Morgan fingerprint density at radius 2 is 2.33 bits per heavy atom. The summed E-state index contributed by atoms with van der Waals surface area (Å²) in [4.78, 5) is 0. The van der Waals surface area contributed by atoms with Gasteiger partial charge in [-0.1, -0.05) is 11.6 Å². The van der Waals surface area contributed by atoms with Crippen molar-refractivity contribution in [1.82, 2.24) is 15.1 Å². The van der Waals surface area contributed by atoms with Gasteiger partial charge >= 0.3 is 0 Å². The van der Waals surface area contributed by atoms with Gasteiger partial charge in [-0.05, 0) is 33.7 Å². The molecule has 0 amide bonds. The summed E-state index contributed by atoms with van der Waals surface area (Å²) in [6.07, 6.45) is 3.06. The Morgan fingerprint density at radius 3 is 2.78 bits per heavy atom. The van der Waals surface area contributed by atoms with E-state index in [1.807, 2.05) is 25.7 Å². The zero-order chi connectivity index (χ0) is 13.3. The summed E-state index contributed by atoms with van der Waals surface area (Å²) in [5.41, 5.74) is 1.86. The number of aromatic nitrogens is 2. The van der Waals surface area contributed by atoms with Crippen molar-refractivity contribution in [2.45, 2.75) is 44.8 Å². The number of nitrogens with zero attached hydrogens (tertiary/aromatic N) is 2. The molecule has 0 bridgehead atoms. The summed E-state index contributed by atoms with van der Waals surface area (Å²) < 4.78 is 7.79. The van der Waals surface area contributed by atoms with Gasteiger partial charge in [-0.3, -0.25) is 4.68 Å². The van der Waals surface area contributed by atoms with E-state index in [1.165, 1.54) is 0 Å². The minimum atomic E-state index is -0.101. The number of nitrogens with one attached hydrogen (secondary N) is 1. The SMILES string of the molecule is CNC(Cc1c(Cl)c(C)nn1C)C1(C)CCCO1. The lowest BCUT2D eigenvalue weighted by Crippen LogP contribution is -2.48. The Hall–Kier alpha value is -0.580. The van der Waals surface area contributed by atoms with Crippen LogP contribution in [-0.4, -0.2) is 35.1 Å². The molecule has 2 heterocycles. The topological polar surface area (TPSA) is 39.1 Å². The Balaban J connectivity index is 2.20. The lowest BCUT2D eigenvalue weighted by atomic mass is 9.90. The fourth-order valence-corrected chi connectivity index (χ4v) is 3.03. The lowest BCUT2D eigenvalue weighted by molar-refractivity contribution is -0.00985. The fraction of sp³-hybridized carbons (Fsp3) is 0.769. The highest BCUT2D eigenvalue weighted by Crippen LogP contribution is 2.31. The van der Waals surface area contributed by atoms with Crippen molar-refractivity contribution in [3.63, 3.8) is 0 Å². The van der Waals surface area contributed by atoms with Crippen LogP contribution in [0.4, 0.5) is 0 Å². The van der Waals surface area contributed by atoms with Gasteiger partial charge in [0.05, 0.1) is 22.0 Å². The summed E-state index contributed by atoms with van der Waals surface area (Å²) >= 11 is 6.32. The van der Waals surface area contributed by atoms with Crippen molar-refractivity contribution in [2.75, 3.05) is 13.7 Å². The zero-order valence-corrected chi connectivity index (χ0v) is 12.3. The van der Waals surface area contributed by atoms with Crippen LogP contribution < -0.4 is 5.32 Å². The van der Waals surface area contributed by atoms with Crippen molar-refractivity contribution in [3.8, 4) is 0 Å². The molecule has 0 aliphatic carbocycles. The van der Waals surface area contributed by atoms with Crippen LogP contribution >= 0.6 is 11.6 Å². The van der Waals surface area contributed by atoms with Gasteiger partial charge in [0, 0.05) is 26.1 Å². The number of aryl methyl sites for hydroxylation is 2. The molecule has 0 aromatic carbocycles. The normalized spacial score (nSPS) is 25.6. The summed E-state index contributed by atoms with van der Waals surface area (Å²) in [5, 5.41) is 8.51. The molecule has 1 aromatic rings. The molecule has 2 rings (SSSR count). The zero-order valence-electron chi connectivity index (χ0n) is 11.6. The Bertz CT molecular complexity index is 424. The van der Waals surface area contributed by atoms with Crippen molar-refractivity contribution in [2.24, 2.45) is 7.05 Å². The molecule has 1 aliphatic rings. The molecule has 1 saturated heterocycles. The number of hydrogen-bond acceptors (Lipinski definition) is 3. The largest absolute Gasteiger partial charge is 0.374 e. The van der Waals surface area contributed by atoms with E-state index in [1.54, 1.807) is 0 Å². The molecule has 2 atom stereocenters. The average Bonchev–Trinajstić information content (AvgIpc) is 2.85. The van der Waals surface area contributed by atoms with E-state index in [-0.39, 0.29) is 11.6 Å². The van der Waals surface area contributed by atoms with Crippen LogP contribution in [0.25, 0.3) is 0 Å². The molecular weight excluding hydrogens is 250 g/mol. The maximum Gasteiger partial charge on any atom is 0.0847 e. The van der Waals surface area contributed by atoms with Gasteiger partial charge in [-0.2, -0.15) is 5.10 Å². The summed E-state index contributed by atoms with van der Waals surface area (Å²) in [6, 6.07) is 0.257. The maximum absolute atomic E-state index is 6.32. The van der Waals surface area contributed by atoms with Crippen LogP contribution in [0.1, 0.15) is 31.2 Å². The predicted octanol–water partition coefficient (Wildman–Crippen LogP) is 2.08. The van der Waals surface area contributed by atoms with E-state index < -0.39 is 0 Å². The van der Waals surface area contributed by atoms with E-state index in [9.17, 15) is 0 Å². The van der Waals surface area contributed by atoms with E-state index in [2.05, 4.69) is 17.3 Å². The molecular formula is C13H22ClN3O. The number of hydrogen-bond donors (Lipinski definition) is 1. The highest BCUT2D eigenvalue weighted by molar-refractivity contribution is 6.31. The molecule has 1 aliphatic heterocycles. The van der Waals surface area contributed by atoms with Crippen LogP contribution in [0.3, 0.4) is 0 Å². The maximum atomic E-state index is 6.32. The van der Waals surface area contributed by atoms with E-state index in [0.717, 1.165) is 42.3 Å². The first-order valence-corrected chi connectivity index (χ1v) is 6.85. The second kappa shape index (κ2) is 5.19. The van der Waals surface area contributed by atoms with Gasteiger partial charge in [0.1, 0.15) is 0 Å². The van der Waals surface area contributed by atoms with Crippen LogP contribution in [-0.2, 0) is 18.2 Å². The third-order valence-corrected chi connectivity index (χ3v) is 4.49. The molecule has 0 saturated carbocycles. The van der Waals surface area contributed by atoms with E-state index in [0.29, 0.717) is 0 Å². The lowest BCUT2D eigenvalue weighted by Gasteiger charge is -2.33. The Labute approximate surface area is 114 Å². The van der Waals surface area contributed by atoms with Crippen LogP contribution in [0.2, 0.25) is 5.02 Å². The fourth-order valence-electron chi connectivity index (χ4n) is 2.79. The first-order chi connectivity index (χ1) is 8.48. The highest BCUT2D eigenvalue weighted by atomic mass is 35.5. The van der Waals surface area contributed by atoms with E-state index in [4.69, 9.17) is 16.3 Å². The molecule has 1 fully saturated rings. The van der Waals surface area contributed by atoms with E-state index >= 15 is 0 Å². The quantitative estimate of drug-likeness (QED) is 0.911. The monoisotopic (exact) mass is 271 g/mol. The second-order valence-electron chi connectivity index (χ2n) is 5.28. The minimum absolute atomic E-state index is 0.101. The summed E-state index contributed by atoms with van der Waals surface area (Å²) in [5.74, 6) is 0. The number of likely N-dealkylation sites (N-methyl/N-ethyl adjacent to an activating group) is 1. The number of ether oxygens (including phenoxy) is 1. The molecule has 2 unspecified atom stereocenters. The number of rotatable bonds is 4. The molecule has 102 valence electrons. The highest BCUT2D eigenvalue weighted by Gasteiger charge is 2.38. The molecule has 18 heavy (non-hydrogen) atoms. The first kappa shape index (κ1) is 13.8. The Morgan fingerprint density at radius 1 is 1.61 bits per heavy atom. The molecule has 4 nitrogen and oxygen atoms in total. The first-order valence-electron chi connectivity index (χ1n) is 6.47. The van der Waals surface area contributed by atoms with Gasteiger partial charge < -0.3 is 10.1 Å². The van der Waals surface area contributed by atoms with Gasteiger partial charge in [-0.15, -0.1) is 0 Å². The van der Waals surface area contributed by atoms with Crippen molar-refractivity contribution in [1.29, 1.82) is 0 Å². The predicted molar refractivity (Wildman–Crippen MR) is 73.1 cm³/mol. The molecule has 0 radical (unpaired) electrons. The van der Waals surface area contributed by atoms with Gasteiger partial charge in [0.15, 0.2) is 0 Å². The summed E-state index contributed by atoms with van der Waals surface area (Å²) in [7, 11) is 3.92. The molecule has 1 N–H and O–H groups in total. The molecule has 5 heteroatoms. The molecule has 1 aromatic heterocycles. The van der Waals surface area contributed by atoms with Gasteiger partial charge in [-0.25, -0.2) is 0 Å². The minimum Gasteiger partial charge on any atom is -0.374 e. The third kappa shape index (κ3) is 2.42. The third-order valence-electron chi connectivity index (χ3n) is 3.99. The second-order valence-corrected chi connectivity index (χ2v) is 5.66. The van der Waals surface area contributed by atoms with Crippen LogP contribution in [0.15, 0.2) is 0 Å². The smallest absolute Gasteiger partial charge is 0.0847 e. The summed E-state index contributed by atoms with van der Waals surface area (Å²) in [6.45, 7) is 4.97. The molecule has 0 spiro atoms. The van der Waals surface area contributed by atoms with Crippen molar-refractivity contribution < 1.29 is 4.74 Å². The van der Waals surface area contributed by atoms with Gasteiger partial charge in [0.25, 0.3) is 0 Å².